The number of nitrogens with one attached hydrogen (secondary N) is 2. The molecule has 0 aromatic carbocycles. The number of urea groups is 1. The van der Waals surface area contributed by atoms with Gasteiger partial charge >= 0.3 is 12.0 Å². The number of hydrogen-bond acceptors (Lipinski definition) is 4. The van der Waals surface area contributed by atoms with E-state index < -0.39 is 11.9 Å². The molecule has 6 nitrogen and oxygen atoms in total. The fraction of sp³-hybridized carbons (Fsp3) is 0.643. The molecule has 1 rings (SSSR count). The van der Waals surface area contributed by atoms with Gasteiger partial charge in [0.05, 0.1) is 10.9 Å². The van der Waals surface area contributed by atoms with Crippen LogP contribution in [0.5, 0.6) is 0 Å². The van der Waals surface area contributed by atoms with Gasteiger partial charge in [-0.05, 0) is 19.3 Å². The molecule has 118 valence electrons. The van der Waals surface area contributed by atoms with Crippen molar-refractivity contribution in [1.82, 2.24) is 15.6 Å². The number of amides is 2. The van der Waals surface area contributed by atoms with E-state index in [1.54, 1.807) is 11.3 Å². The normalized spacial score (nSPS) is 12.2. The van der Waals surface area contributed by atoms with E-state index in [2.05, 4.69) is 15.6 Å². The Balaban J connectivity index is 2.24. The van der Waals surface area contributed by atoms with Gasteiger partial charge in [-0.1, -0.05) is 13.8 Å². The van der Waals surface area contributed by atoms with E-state index in [1.807, 2.05) is 26.2 Å². The van der Waals surface area contributed by atoms with E-state index in [9.17, 15) is 9.59 Å². The number of thiazole rings is 1. The van der Waals surface area contributed by atoms with Gasteiger partial charge < -0.3 is 15.7 Å². The number of carboxylic acids is 1. The second-order valence-corrected chi connectivity index (χ2v) is 6.38. The van der Waals surface area contributed by atoms with Crippen molar-refractivity contribution in [1.29, 1.82) is 0 Å². The monoisotopic (exact) mass is 313 g/mol. The van der Waals surface area contributed by atoms with Crippen molar-refractivity contribution in [3.05, 3.63) is 16.1 Å². The molecule has 0 saturated carbocycles. The maximum atomic E-state index is 11.6. The highest BCUT2D eigenvalue weighted by atomic mass is 32.1. The number of aliphatic carboxylic acids is 1. The van der Waals surface area contributed by atoms with E-state index in [0.29, 0.717) is 19.4 Å². The Kier molecular flexibility index (Phi) is 7.14. The van der Waals surface area contributed by atoms with Crippen LogP contribution in [0.4, 0.5) is 4.79 Å². The molecule has 0 aliphatic rings. The van der Waals surface area contributed by atoms with Crippen LogP contribution in [0, 0.1) is 18.8 Å². The number of carbonyl (C=O) groups is 2. The summed E-state index contributed by atoms with van der Waals surface area (Å²) in [6.07, 6.45) is 1.23. The molecule has 0 bridgehead atoms. The minimum absolute atomic E-state index is 0.149. The molecule has 0 fully saturated rings. The molecular weight excluding hydrogens is 290 g/mol. The van der Waals surface area contributed by atoms with Crippen molar-refractivity contribution in [3.63, 3.8) is 0 Å². The lowest BCUT2D eigenvalue weighted by Gasteiger charge is -2.15. The highest BCUT2D eigenvalue weighted by Gasteiger charge is 2.19. The predicted molar refractivity (Wildman–Crippen MR) is 82.5 cm³/mol. The highest BCUT2D eigenvalue weighted by molar-refractivity contribution is 7.09. The molecule has 1 aromatic rings. The lowest BCUT2D eigenvalue weighted by molar-refractivity contribution is -0.142. The average molecular weight is 313 g/mol. The molecule has 0 aliphatic carbocycles. The third-order valence-electron chi connectivity index (χ3n) is 2.91. The van der Waals surface area contributed by atoms with E-state index in [4.69, 9.17) is 5.11 Å². The molecule has 7 heteroatoms. The van der Waals surface area contributed by atoms with Gasteiger partial charge in [-0.3, -0.25) is 4.79 Å². The molecular formula is C14H23N3O3S. The van der Waals surface area contributed by atoms with Crippen LogP contribution in [-0.2, 0) is 11.2 Å². The van der Waals surface area contributed by atoms with Crippen LogP contribution in [0.1, 0.15) is 31.0 Å². The first-order valence-electron chi connectivity index (χ1n) is 7.04. The molecule has 1 unspecified atom stereocenters. The summed E-state index contributed by atoms with van der Waals surface area (Å²) < 4.78 is 0. The highest BCUT2D eigenvalue weighted by Crippen LogP contribution is 2.11. The van der Waals surface area contributed by atoms with Gasteiger partial charge in [0.15, 0.2) is 0 Å². The van der Waals surface area contributed by atoms with E-state index >= 15 is 0 Å². The molecule has 1 heterocycles. The minimum atomic E-state index is -0.873. The number of carboxylic acid groups (broad SMARTS) is 1. The van der Waals surface area contributed by atoms with Crippen LogP contribution < -0.4 is 10.6 Å². The zero-order chi connectivity index (χ0) is 15.8. The molecule has 0 spiro atoms. The zero-order valence-electron chi connectivity index (χ0n) is 12.7. The van der Waals surface area contributed by atoms with Gasteiger partial charge in [0.2, 0.25) is 0 Å². The first kappa shape index (κ1) is 17.4. The summed E-state index contributed by atoms with van der Waals surface area (Å²) in [5.74, 6) is -1.14. The second kappa shape index (κ2) is 8.61. The van der Waals surface area contributed by atoms with Crippen LogP contribution in [-0.4, -0.2) is 35.2 Å². The van der Waals surface area contributed by atoms with Crippen LogP contribution in [0.3, 0.4) is 0 Å². The Hall–Kier alpha value is -1.63. The van der Waals surface area contributed by atoms with E-state index in [-0.39, 0.29) is 18.5 Å². The fourth-order valence-electron chi connectivity index (χ4n) is 1.92. The SMILES string of the molecule is Cc1csc(CCNC(=O)NCC(CC(C)C)C(=O)O)n1. The van der Waals surface area contributed by atoms with Gasteiger partial charge in [-0.25, -0.2) is 9.78 Å². The maximum absolute atomic E-state index is 11.6. The number of carbonyl (C=O) groups excluding carboxylic acids is 1. The summed E-state index contributed by atoms with van der Waals surface area (Å²) in [5.41, 5.74) is 0.984. The van der Waals surface area contributed by atoms with E-state index in [0.717, 1.165) is 10.7 Å². The van der Waals surface area contributed by atoms with Gasteiger partial charge in [0.1, 0.15) is 0 Å². The second-order valence-electron chi connectivity index (χ2n) is 5.43. The van der Waals surface area contributed by atoms with Crippen molar-refractivity contribution in [3.8, 4) is 0 Å². The minimum Gasteiger partial charge on any atom is -0.481 e. The summed E-state index contributed by atoms with van der Waals surface area (Å²) in [6.45, 7) is 6.50. The number of aryl methyl sites for hydroxylation is 1. The summed E-state index contributed by atoms with van der Waals surface area (Å²) in [5, 5.41) is 17.4. The zero-order valence-corrected chi connectivity index (χ0v) is 13.5. The fourth-order valence-corrected chi connectivity index (χ4v) is 2.70. The molecule has 1 atom stereocenters. The molecule has 1 aromatic heterocycles. The summed E-state index contributed by atoms with van der Waals surface area (Å²) in [6, 6.07) is -0.335. The Labute approximate surface area is 129 Å². The molecule has 0 aliphatic heterocycles. The first-order chi connectivity index (χ1) is 9.88. The first-order valence-corrected chi connectivity index (χ1v) is 7.92. The van der Waals surface area contributed by atoms with Crippen molar-refractivity contribution < 1.29 is 14.7 Å². The largest absolute Gasteiger partial charge is 0.481 e. The smallest absolute Gasteiger partial charge is 0.314 e. The Bertz CT molecular complexity index is 474. The van der Waals surface area contributed by atoms with Crippen LogP contribution in [0.2, 0.25) is 0 Å². The molecule has 0 radical (unpaired) electrons. The topological polar surface area (TPSA) is 91.3 Å². The van der Waals surface area contributed by atoms with Crippen LogP contribution in [0.25, 0.3) is 0 Å². The predicted octanol–water partition coefficient (Wildman–Crippen LogP) is 2.04. The van der Waals surface area contributed by atoms with E-state index in [1.165, 1.54) is 0 Å². The Morgan fingerprint density at radius 2 is 2.10 bits per heavy atom. The van der Waals surface area contributed by atoms with Crippen molar-refractivity contribution in [2.24, 2.45) is 11.8 Å². The molecule has 0 saturated heterocycles. The number of hydrogen-bond donors (Lipinski definition) is 3. The lowest BCUT2D eigenvalue weighted by Crippen LogP contribution is -2.40. The number of rotatable bonds is 8. The van der Waals surface area contributed by atoms with Gasteiger partial charge in [-0.2, -0.15) is 0 Å². The third-order valence-corrected chi connectivity index (χ3v) is 3.93. The maximum Gasteiger partial charge on any atom is 0.314 e. The van der Waals surface area contributed by atoms with Crippen molar-refractivity contribution in [2.75, 3.05) is 13.1 Å². The molecule has 3 N–H and O–H groups in total. The molecule has 2 amide bonds. The number of nitrogens with zero attached hydrogens (tertiary/aromatic N) is 1. The van der Waals surface area contributed by atoms with Crippen LogP contribution >= 0.6 is 11.3 Å². The van der Waals surface area contributed by atoms with Crippen LogP contribution in [0.15, 0.2) is 5.38 Å². The van der Waals surface area contributed by atoms with Crippen molar-refractivity contribution in [2.45, 2.75) is 33.6 Å². The summed E-state index contributed by atoms with van der Waals surface area (Å²) in [7, 11) is 0. The standard InChI is InChI=1S/C14H23N3O3S/c1-9(2)6-11(13(18)19)7-16-14(20)15-5-4-12-17-10(3)8-21-12/h8-9,11H,4-7H2,1-3H3,(H,18,19)(H2,15,16,20). The summed E-state index contributed by atoms with van der Waals surface area (Å²) >= 11 is 1.57. The van der Waals surface area contributed by atoms with Gasteiger partial charge in [0.25, 0.3) is 0 Å². The quantitative estimate of drug-likeness (QED) is 0.685. The molecule has 21 heavy (non-hydrogen) atoms. The summed E-state index contributed by atoms with van der Waals surface area (Å²) in [4.78, 5) is 27.0. The van der Waals surface area contributed by atoms with Crippen molar-refractivity contribution >= 4 is 23.3 Å². The Morgan fingerprint density at radius 3 is 2.62 bits per heavy atom. The third kappa shape index (κ3) is 7.08. The van der Waals surface area contributed by atoms with Gasteiger partial charge in [-0.15, -0.1) is 11.3 Å². The lowest BCUT2D eigenvalue weighted by atomic mass is 9.97. The average Bonchev–Trinajstić information content (AvgIpc) is 2.79. The van der Waals surface area contributed by atoms with Gasteiger partial charge in [0, 0.05) is 30.6 Å². The number of aromatic nitrogens is 1. The Morgan fingerprint density at radius 1 is 1.38 bits per heavy atom.